The Bertz CT molecular complexity index is 659. The summed E-state index contributed by atoms with van der Waals surface area (Å²) in [7, 11) is 1.31. The lowest BCUT2D eigenvalue weighted by Crippen LogP contribution is -2.25. The van der Waals surface area contributed by atoms with Gasteiger partial charge in [-0.1, -0.05) is 0 Å². The minimum atomic E-state index is -4.39. The van der Waals surface area contributed by atoms with E-state index < -0.39 is 11.9 Å². The van der Waals surface area contributed by atoms with Crippen molar-refractivity contribution in [3.8, 4) is 10.6 Å². The third kappa shape index (κ3) is 3.94. The van der Waals surface area contributed by atoms with Gasteiger partial charge in [-0.2, -0.15) is 18.3 Å². The summed E-state index contributed by atoms with van der Waals surface area (Å²) in [6.45, 7) is 2.31. The van der Waals surface area contributed by atoms with E-state index in [9.17, 15) is 13.2 Å². The Morgan fingerprint density at radius 3 is 2.91 bits per heavy atom. The van der Waals surface area contributed by atoms with Crippen LogP contribution in [-0.2, 0) is 24.5 Å². The van der Waals surface area contributed by atoms with E-state index in [0.717, 1.165) is 46.5 Å². The number of alkyl halides is 3. The standard InChI is InChI=1S/C15H18F3N3OS/c1-21-14(15(16,17)18)7-12(20-21)13-5-4-11(23-13)9-19-8-10-3-2-6-22-10/h4-5,7,10,19H,2-3,6,8-9H2,1H3/t10-/m0/s1. The number of hydrogen-bond acceptors (Lipinski definition) is 4. The van der Waals surface area contributed by atoms with Crippen LogP contribution in [0.2, 0.25) is 0 Å². The van der Waals surface area contributed by atoms with E-state index in [1.807, 2.05) is 12.1 Å². The quantitative estimate of drug-likeness (QED) is 0.902. The van der Waals surface area contributed by atoms with Gasteiger partial charge < -0.3 is 10.1 Å². The first-order chi connectivity index (χ1) is 10.9. The van der Waals surface area contributed by atoms with Gasteiger partial charge in [0, 0.05) is 31.6 Å². The number of rotatable bonds is 5. The third-order valence-electron chi connectivity index (χ3n) is 3.78. The van der Waals surface area contributed by atoms with Gasteiger partial charge in [-0.15, -0.1) is 11.3 Å². The molecular weight excluding hydrogens is 327 g/mol. The molecule has 0 saturated carbocycles. The molecule has 0 radical (unpaired) electrons. The van der Waals surface area contributed by atoms with Crippen molar-refractivity contribution >= 4 is 11.3 Å². The van der Waals surface area contributed by atoms with Gasteiger partial charge in [0.15, 0.2) is 0 Å². The zero-order chi connectivity index (χ0) is 16.4. The molecule has 0 spiro atoms. The molecule has 8 heteroatoms. The zero-order valence-corrected chi connectivity index (χ0v) is 13.5. The van der Waals surface area contributed by atoms with Gasteiger partial charge in [-0.3, -0.25) is 4.68 Å². The van der Waals surface area contributed by atoms with Crippen LogP contribution < -0.4 is 5.32 Å². The molecule has 0 aromatic carbocycles. The highest BCUT2D eigenvalue weighted by molar-refractivity contribution is 7.15. The highest BCUT2D eigenvalue weighted by Gasteiger charge is 2.35. The minimum absolute atomic E-state index is 0.277. The lowest BCUT2D eigenvalue weighted by molar-refractivity contribution is -0.143. The van der Waals surface area contributed by atoms with Crippen LogP contribution in [0.5, 0.6) is 0 Å². The SMILES string of the molecule is Cn1nc(-c2ccc(CNC[C@@H]3CCCO3)s2)cc1C(F)(F)F. The molecule has 2 aromatic heterocycles. The van der Waals surface area contributed by atoms with Crippen LogP contribution in [0.15, 0.2) is 18.2 Å². The average molecular weight is 345 g/mol. The maximum atomic E-state index is 12.8. The van der Waals surface area contributed by atoms with Crippen molar-refractivity contribution in [2.24, 2.45) is 7.05 Å². The molecule has 3 heterocycles. The number of nitrogens with zero attached hydrogens (tertiary/aromatic N) is 2. The predicted molar refractivity (Wildman–Crippen MR) is 82.2 cm³/mol. The Morgan fingerprint density at radius 1 is 1.43 bits per heavy atom. The Labute approximate surface area is 136 Å². The van der Waals surface area contributed by atoms with Gasteiger partial charge in [-0.05, 0) is 31.0 Å². The lowest BCUT2D eigenvalue weighted by atomic mass is 10.2. The van der Waals surface area contributed by atoms with E-state index in [0.29, 0.717) is 12.2 Å². The van der Waals surface area contributed by atoms with Crippen LogP contribution in [0.4, 0.5) is 13.2 Å². The second kappa shape index (κ2) is 6.62. The summed E-state index contributed by atoms with van der Waals surface area (Å²) in [5.74, 6) is 0. The lowest BCUT2D eigenvalue weighted by Gasteiger charge is -2.09. The summed E-state index contributed by atoms with van der Waals surface area (Å²) in [4.78, 5) is 1.81. The molecule has 3 rings (SSSR count). The van der Waals surface area contributed by atoms with Crippen molar-refractivity contribution in [1.29, 1.82) is 0 Å². The summed E-state index contributed by atoms with van der Waals surface area (Å²) in [6, 6.07) is 4.83. The summed E-state index contributed by atoms with van der Waals surface area (Å²) < 4.78 is 44.9. The van der Waals surface area contributed by atoms with E-state index in [1.165, 1.54) is 18.4 Å². The van der Waals surface area contributed by atoms with E-state index in [1.54, 1.807) is 0 Å². The highest BCUT2D eigenvalue weighted by atomic mass is 32.1. The maximum Gasteiger partial charge on any atom is 0.433 e. The fraction of sp³-hybridized carbons (Fsp3) is 0.533. The normalized spacial score (nSPS) is 18.7. The van der Waals surface area contributed by atoms with Gasteiger partial charge in [0.25, 0.3) is 0 Å². The van der Waals surface area contributed by atoms with Crippen molar-refractivity contribution in [1.82, 2.24) is 15.1 Å². The number of aryl methyl sites for hydroxylation is 1. The number of halogens is 3. The van der Waals surface area contributed by atoms with E-state index >= 15 is 0 Å². The van der Waals surface area contributed by atoms with Crippen molar-refractivity contribution in [2.45, 2.75) is 31.7 Å². The Kier molecular flexibility index (Phi) is 4.74. The summed E-state index contributed by atoms with van der Waals surface area (Å²) in [5.41, 5.74) is -0.380. The molecule has 1 atom stereocenters. The number of thiophene rings is 1. The topological polar surface area (TPSA) is 39.1 Å². The Morgan fingerprint density at radius 2 is 2.26 bits per heavy atom. The van der Waals surface area contributed by atoms with Gasteiger partial charge in [-0.25, -0.2) is 0 Å². The highest BCUT2D eigenvalue weighted by Crippen LogP contribution is 2.34. The predicted octanol–water partition coefficient (Wildman–Crippen LogP) is 3.44. The number of ether oxygens (including phenoxy) is 1. The average Bonchev–Trinajstić information content (AvgIpc) is 3.17. The van der Waals surface area contributed by atoms with Crippen LogP contribution in [0.3, 0.4) is 0 Å². The monoisotopic (exact) mass is 345 g/mol. The minimum Gasteiger partial charge on any atom is -0.377 e. The molecule has 4 nitrogen and oxygen atoms in total. The molecule has 1 aliphatic rings. The maximum absolute atomic E-state index is 12.8. The van der Waals surface area contributed by atoms with Crippen molar-refractivity contribution in [2.75, 3.05) is 13.2 Å². The molecule has 0 unspecified atom stereocenters. The molecule has 126 valence electrons. The third-order valence-corrected chi connectivity index (χ3v) is 4.89. The number of hydrogen-bond donors (Lipinski definition) is 1. The molecule has 2 aromatic rings. The van der Waals surface area contributed by atoms with Gasteiger partial charge in [0.2, 0.25) is 0 Å². The van der Waals surface area contributed by atoms with E-state index in [4.69, 9.17) is 4.74 Å². The van der Waals surface area contributed by atoms with Crippen LogP contribution >= 0.6 is 11.3 Å². The fourth-order valence-corrected chi connectivity index (χ4v) is 3.56. The first-order valence-corrected chi connectivity index (χ1v) is 8.28. The zero-order valence-electron chi connectivity index (χ0n) is 12.7. The molecule has 23 heavy (non-hydrogen) atoms. The summed E-state index contributed by atoms with van der Waals surface area (Å²) in [6.07, 6.45) is -1.92. The van der Waals surface area contributed by atoms with Crippen LogP contribution in [0.1, 0.15) is 23.4 Å². The fourth-order valence-electron chi connectivity index (χ4n) is 2.63. The molecular formula is C15H18F3N3OS. The van der Waals surface area contributed by atoms with E-state index in [-0.39, 0.29) is 6.10 Å². The van der Waals surface area contributed by atoms with Crippen LogP contribution in [0.25, 0.3) is 10.6 Å². The van der Waals surface area contributed by atoms with Crippen LogP contribution in [-0.4, -0.2) is 29.0 Å². The summed E-state index contributed by atoms with van der Waals surface area (Å²) >= 11 is 1.45. The van der Waals surface area contributed by atoms with Crippen LogP contribution in [0, 0.1) is 0 Å². The molecule has 0 amide bonds. The van der Waals surface area contributed by atoms with Gasteiger partial charge >= 0.3 is 6.18 Å². The Hall–Kier alpha value is -1.38. The molecule has 0 aliphatic carbocycles. The molecule has 1 saturated heterocycles. The number of nitrogens with one attached hydrogen (secondary N) is 1. The van der Waals surface area contributed by atoms with Crippen molar-refractivity contribution in [3.05, 3.63) is 28.8 Å². The molecule has 1 fully saturated rings. The van der Waals surface area contributed by atoms with Crippen molar-refractivity contribution in [3.63, 3.8) is 0 Å². The van der Waals surface area contributed by atoms with Gasteiger partial charge in [0.1, 0.15) is 11.4 Å². The molecule has 0 bridgehead atoms. The first-order valence-electron chi connectivity index (χ1n) is 7.46. The first kappa shape index (κ1) is 16.5. The second-order valence-electron chi connectivity index (χ2n) is 5.57. The van der Waals surface area contributed by atoms with Crippen molar-refractivity contribution < 1.29 is 17.9 Å². The van der Waals surface area contributed by atoms with Gasteiger partial charge in [0.05, 0.1) is 11.0 Å². The van der Waals surface area contributed by atoms with E-state index in [2.05, 4.69) is 10.4 Å². The molecule has 1 N–H and O–H groups in total. The Balaban J connectivity index is 1.62. The smallest absolute Gasteiger partial charge is 0.377 e. The number of aromatic nitrogens is 2. The molecule has 1 aliphatic heterocycles. The largest absolute Gasteiger partial charge is 0.433 e. The summed E-state index contributed by atoms with van der Waals surface area (Å²) in [5, 5.41) is 7.30. The second-order valence-corrected chi connectivity index (χ2v) is 6.74.